The lowest BCUT2D eigenvalue weighted by Crippen LogP contribution is -2.10. The fourth-order valence-electron chi connectivity index (χ4n) is 7.38. The molecule has 0 aliphatic heterocycles. The van der Waals surface area contributed by atoms with E-state index in [2.05, 4.69) is 175 Å². The molecule has 2 nitrogen and oxygen atoms in total. The van der Waals surface area contributed by atoms with Crippen LogP contribution in [0.3, 0.4) is 0 Å². The molecule has 230 valence electrons. The monoisotopic (exact) mass is 643 g/mol. The van der Waals surface area contributed by atoms with E-state index in [-0.39, 0.29) is 0 Å². The van der Waals surface area contributed by atoms with Crippen molar-refractivity contribution in [3.8, 4) is 22.3 Å². The van der Waals surface area contributed by atoms with E-state index in [4.69, 9.17) is 4.42 Å². The lowest BCUT2D eigenvalue weighted by Gasteiger charge is -2.27. The second kappa shape index (κ2) is 11.2. The van der Waals surface area contributed by atoms with E-state index in [1.807, 2.05) is 17.4 Å². The van der Waals surface area contributed by atoms with E-state index in [0.717, 1.165) is 38.7 Å². The highest BCUT2D eigenvalue weighted by Gasteiger charge is 2.20. The topological polar surface area (TPSA) is 16.4 Å². The van der Waals surface area contributed by atoms with Crippen molar-refractivity contribution < 1.29 is 4.42 Å². The van der Waals surface area contributed by atoms with E-state index in [0.29, 0.717) is 0 Å². The summed E-state index contributed by atoms with van der Waals surface area (Å²) in [7, 11) is 0. The Kier molecular flexibility index (Phi) is 6.39. The molecule has 0 spiro atoms. The fourth-order valence-corrected chi connectivity index (χ4v) is 8.51. The van der Waals surface area contributed by atoms with Gasteiger partial charge in [-0.15, -0.1) is 11.3 Å². The second-order valence-corrected chi connectivity index (χ2v) is 13.6. The average Bonchev–Trinajstić information content (AvgIpc) is 3.75. The van der Waals surface area contributed by atoms with E-state index in [1.165, 1.54) is 53.5 Å². The molecule has 0 aliphatic carbocycles. The number of hydrogen-bond donors (Lipinski definition) is 0. The molecule has 10 aromatic rings. The minimum atomic E-state index is 0.916. The van der Waals surface area contributed by atoms with E-state index in [9.17, 15) is 0 Å². The van der Waals surface area contributed by atoms with Crippen LogP contribution in [0.25, 0.3) is 75.1 Å². The Morgan fingerprint density at radius 2 is 1.00 bits per heavy atom. The lowest BCUT2D eigenvalue weighted by molar-refractivity contribution is 0.672. The van der Waals surface area contributed by atoms with Gasteiger partial charge in [-0.2, -0.15) is 0 Å². The highest BCUT2D eigenvalue weighted by Crippen LogP contribution is 2.46. The lowest BCUT2D eigenvalue weighted by atomic mass is 9.95. The van der Waals surface area contributed by atoms with Crippen LogP contribution in [0.5, 0.6) is 0 Å². The first-order valence-corrected chi connectivity index (χ1v) is 17.4. The zero-order valence-corrected chi connectivity index (χ0v) is 27.3. The summed E-state index contributed by atoms with van der Waals surface area (Å²) in [6, 6.07) is 63.2. The number of anilines is 3. The van der Waals surface area contributed by atoms with Gasteiger partial charge in [0, 0.05) is 47.7 Å². The summed E-state index contributed by atoms with van der Waals surface area (Å²) in [6.07, 6.45) is 0. The first-order chi connectivity index (χ1) is 24.3. The molecule has 0 amide bonds. The van der Waals surface area contributed by atoms with Gasteiger partial charge < -0.3 is 9.32 Å². The molecule has 8 aromatic carbocycles. The molecule has 2 aromatic heterocycles. The third-order valence-corrected chi connectivity index (χ3v) is 10.8. The zero-order valence-electron chi connectivity index (χ0n) is 26.5. The van der Waals surface area contributed by atoms with Gasteiger partial charge in [0.1, 0.15) is 11.2 Å². The molecule has 0 saturated heterocycles. The SMILES string of the molecule is c1ccc(-c2ccc(N(c3ccc(-c4cc5c6ccccc6oc5c5ccccc45)cc3)c3cccc4sc5ccccc5c34)cc2)cc1. The molecule has 2 heterocycles. The molecule has 49 heavy (non-hydrogen) atoms. The van der Waals surface area contributed by atoms with Gasteiger partial charge in [-0.25, -0.2) is 0 Å². The average molecular weight is 644 g/mol. The number of hydrogen-bond acceptors (Lipinski definition) is 3. The maximum atomic E-state index is 6.39. The predicted molar refractivity (Wildman–Crippen MR) is 210 cm³/mol. The summed E-state index contributed by atoms with van der Waals surface area (Å²) in [4.78, 5) is 2.41. The van der Waals surface area contributed by atoms with Crippen LogP contribution < -0.4 is 4.90 Å². The third kappa shape index (κ3) is 4.55. The first-order valence-electron chi connectivity index (χ1n) is 16.6. The van der Waals surface area contributed by atoms with Gasteiger partial charge >= 0.3 is 0 Å². The molecule has 0 radical (unpaired) electrons. The molecule has 0 fully saturated rings. The van der Waals surface area contributed by atoms with Crippen molar-refractivity contribution in [2.45, 2.75) is 0 Å². The number of rotatable bonds is 5. The van der Waals surface area contributed by atoms with Crippen molar-refractivity contribution in [3.05, 3.63) is 176 Å². The Labute approximate surface area is 287 Å². The molecule has 3 heteroatoms. The Morgan fingerprint density at radius 1 is 0.408 bits per heavy atom. The normalized spacial score (nSPS) is 11.7. The van der Waals surface area contributed by atoms with Gasteiger partial charge in [0.15, 0.2) is 0 Å². The van der Waals surface area contributed by atoms with Crippen LogP contribution in [0.4, 0.5) is 17.1 Å². The van der Waals surface area contributed by atoms with E-state index < -0.39 is 0 Å². The maximum absolute atomic E-state index is 6.39. The number of fused-ring (bicyclic) bond motifs is 8. The van der Waals surface area contributed by atoms with Gasteiger partial charge in [0.05, 0.1) is 5.69 Å². The number of para-hydroxylation sites is 1. The van der Waals surface area contributed by atoms with Crippen molar-refractivity contribution in [1.29, 1.82) is 0 Å². The van der Waals surface area contributed by atoms with Crippen LogP contribution in [-0.2, 0) is 0 Å². The largest absolute Gasteiger partial charge is 0.455 e. The van der Waals surface area contributed by atoms with E-state index in [1.54, 1.807) is 0 Å². The van der Waals surface area contributed by atoms with Crippen molar-refractivity contribution in [2.75, 3.05) is 4.90 Å². The van der Waals surface area contributed by atoms with Gasteiger partial charge in [-0.05, 0) is 82.2 Å². The van der Waals surface area contributed by atoms with Crippen LogP contribution >= 0.6 is 11.3 Å². The third-order valence-electron chi connectivity index (χ3n) is 9.67. The molecule has 0 aliphatic rings. The minimum absolute atomic E-state index is 0.916. The summed E-state index contributed by atoms with van der Waals surface area (Å²) < 4.78 is 8.98. The molecular formula is C46H29NOS. The highest BCUT2D eigenvalue weighted by atomic mass is 32.1. The summed E-state index contributed by atoms with van der Waals surface area (Å²) in [6.45, 7) is 0. The Bertz CT molecular complexity index is 2810. The number of nitrogens with zero attached hydrogens (tertiary/aromatic N) is 1. The van der Waals surface area contributed by atoms with Crippen LogP contribution in [0.2, 0.25) is 0 Å². The molecule has 0 bridgehead atoms. The second-order valence-electron chi connectivity index (χ2n) is 12.5. The summed E-state index contributed by atoms with van der Waals surface area (Å²) >= 11 is 1.85. The predicted octanol–water partition coefficient (Wildman–Crippen LogP) is 13.9. The molecular weight excluding hydrogens is 615 g/mol. The van der Waals surface area contributed by atoms with Crippen molar-refractivity contribution >= 4 is 81.3 Å². The molecule has 0 unspecified atom stereocenters. The smallest absolute Gasteiger partial charge is 0.143 e. The van der Waals surface area contributed by atoms with Crippen LogP contribution in [0.15, 0.2) is 180 Å². The van der Waals surface area contributed by atoms with Crippen molar-refractivity contribution in [2.24, 2.45) is 0 Å². The van der Waals surface area contributed by atoms with Crippen LogP contribution in [0.1, 0.15) is 0 Å². The number of furan rings is 1. The van der Waals surface area contributed by atoms with Gasteiger partial charge in [-0.3, -0.25) is 0 Å². The van der Waals surface area contributed by atoms with Crippen LogP contribution in [-0.4, -0.2) is 0 Å². The number of thiophene rings is 1. The Morgan fingerprint density at radius 3 is 1.78 bits per heavy atom. The van der Waals surface area contributed by atoms with E-state index >= 15 is 0 Å². The zero-order chi connectivity index (χ0) is 32.3. The first kappa shape index (κ1) is 27.9. The summed E-state index contributed by atoms with van der Waals surface area (Å²) in [5.74, 6) is 0. The molecule has 0 saturated carbocycles. The highest BCUT2D eigenvalue weighted by molar-refractivity contribution is 7.26. The van der Waals surface area contributed by atoms with Crippen LogP contribution in [0, 0.1) is 0 Å². The maximum Gasteiger partial charge on any atom is 0.143 e. The van der Waals surface area contributed by atoms with Gasteiger partial charge in [0.2, 0.25) is 0 Å². The van der Waals surface area contributed by atoms with Crippen molar-refractivity contribution in [3.63, 3.8) is 0 Å². The van der Waals surface area contributed by atoms with Crippen molar-refractivity contribution in [1.82, 2.24) is 0 Å². The quantitative estimate of drug-likeness (QED) is 0.186. The fraction of sp³-hybridized carbons (Fsp3) is 0. The standard InChI is InChI=1S/C46H29NOS/c1-2-11-30(12-3-1)31-21-25-33(26-22-31)47(41-17-10-20-44-45(41)38-16-7-9-19-43(38)49-44)34-27-23-32(24-28-34)39-29-40-36-14-6-8-18-42(36)48-46(40)37-15-5-4-13-35(37)39/h1-29H. The summed E-state index contributed by atoms with van der Waals surface area (Å²) in [5.41, 5.74) is 10.0. The Hall–Kier alpha value is -6.16. The molecule has 0 atom stereocenters. The number of benzene rings is 8. The molecule has 0 N–H and O–H groups in total. The summed E-state index contributed by atoms with van der Waals surface area (Å²) in [5, 5.41) is 7.17. The van der Waals surface area contributed by atoms with Gasteiger partial charge in [-0.1, -0.05) is 121 Å². The Balaban J connectivity index is 1.15. The molecule has 10 rings (SSSR count). The minimum Gasteiger partial charge on any atom is -0.455 e. The van der Waals surface area contributed by atoms with Gasteiger partial charge in [0.25, 0.3) is 0 Å².